The van der Waals surface area contributed by atoms with Crippen molar-refractivity contribution in [2.45, 2.75) is 12.1 Å². The number of aliphatic hydroxyl groups excluding tert-OH is 1. The van der Waals surface area contributed by atoms with Crippen LogP contribution in [0.25, 0.3) is 0 Å². The highest BCUT2D eigenvalue weighted by Gasteiger charge is 2.30. The zero-order chi connectivity index (χ0) is 9.72. The molecule has 3 N–H and O–H groups in total. The molecule has 0 aromatic heterocycles. The van der Waals surface area contributed by atoms with Crippen molar-refractivity contribution in [2.24, 2.45) is 5.73 Å². The van der Waals surface area contributed by atoms with Crippen LogP contribution in [0.2, 0.25) is 0 Å². The predicted octanol–water partition coefficient (Wildman–Crippen LogP) is -1.98. The molecule has 12 heavy (non-hydrogen) atoms. The van der Waals surface area contributed by atoms with E-state index in [9.17, 15) is 9.59 Å². The van der Waals surface area contributed by atoms with Crippen molar-refractivity contribution in [1.82, 2.24) is 0 Å². The second-order valence-corrected chi connectivity index (χ2v) is 2.02. The molecule has 0 radical (unpaired) electrons. The second kappa shape index (κ2) is 4.68. The Morgan fingerprint density at radius 3 is 2.00 bits per heavy atom. The number of ether oxygens (including phenoxy) is 2. The smallest absolute Gasteiger partial charge is 0.336 e. The van der Waals surface area contributed by atoms with Gasteiger partial charge in [-0.05, 0) is 0 Å². The maximum atomic E-state index is 10.7. The lowest BCUT2D eigenvalue weighted by atomic mass is 10.2. The normalized spacial score (nSPS) is 14.7. The van der Waals surface area contributed by atoms with E-state index >= 15 is 0 Å². The maximum absolute atomic E-state index is 10.7. The minimum Gasteiger partial charge on any atom is -0.468 e. The molecule has 0 heterocycles. The summed E-state index contributed by atoms with van der Waals surface area (Å²) in [6, 6.07) is -1.40. The zero-order valence-electron chi connectivity index (χ0n) is 6.81. The Hall–Kier alpha value is -1.14. The van der Waals surface area contributed by atoms with Gasteiger partial charge in [0.25, 0.3) is 0 Å². The summed E-state index contributed by atoms with van der Waals surface area (Å²) in [6.07, 6.45) is -1.68. The summed E-state index contributed by atoms with van der Waals surface area (Å²) in [6.45, 7) is 0. The van der Waals surface area contributed by atoms with E-state index in [-0.39, 0.29) is 0 Å². The van der Waals surface area contributed by atoms with E-state index < -0.39 is 24.1 Å². The minimum atomic E-state index is -1.68. The molecule has 70 valence electrons. The first-order chi connectivity index (χ1) is 5.54. The third-order valence-electron chi connectivity index (χ3n) is 1.26. The standard InChI is InChI=1S/C6H11NO5/c1-11-5(9)3(7)4(8)6(10)12-2/h3-4,8H,7H2,1-2H3/t3-,4-/m1/s1. The third kappa shape index (κ3) is 2.48. The summed E-state index contributed by atoms with van der Waals surface area (Å²) >= 11 is 0. The van der Waals surface area contributed by atoms with Gasteiger partial charge in [-0.3, -0.25) is 4.79 Å². The molecule has 0 fully saturated rings. The molecular weight excluding hydrogens is 166 g/mol. The first-order valence-electron chi connectivity index (χ1n) is 3.14. The molecular formula is C6H11NO5. The molecule has 0 amide bonds. The van der Waals surface area contributed by atoms with Crippen LogP contribution >= 0.6 is 0 Å². The van der Waals surface area contributed by atoms with Crippen LogP contribution < -0.4 is 5.73 Å². The number of methoxy groups -OCH3 is 2. The van der Waals surface area contributed by atoms with Gasteiger partial charge in [0.2, 0.25) is 0 Å². The van der Waals surface area contributed by atoms with E-state index in [2.05, 4.69) is 9.47 Å². The van der Waals surface area contributed by atoms with Gasteiger partial charge >= 0.3 is 11.9 Å². The molecule has 0 bridgehead atoms. The fourth-order valence-corrected chi connectivity index (χ4v) is 0.532. The Morgan fingerprint density at radius 1 is 1.25 bits per heavy atom. The lowest BCUT2D eigenvalue weighted by Gasteiger charge is -2.13. The lowest BCUT2D eigenvalue weighted by Crippen LogP contribution is -2.47. The van der Waals surface area contributed by atoms with Gasteiger partial charge in [0.1, 0.15) is 6.04 Å². The Bertz CT molecular complexity index is 161. The number of nitrogens with two attached hydrogens (primary N) is 1. The molecule has 2 atom stereocenters. The van der Waals surface area contributed by atoms with Crippen LogP contribution in [0, 0.1) is 0 Å². The average Bonchev–Trinajstić information content (AvgIpc) is 2.12. The molecule has 6 nitrogen and oxygen atoms in total. The Morgan fingerprint density at radius 2 is 1.67 bits per heavy atom. The van der Waals surface area contributed by atoms with E-state index in [0.717, 1.165) is 14.2 Å². The van der Waals surface area contributed by atoms with Crippen molar-refractivity contribution in [2.75, 3.05) is 14.2 Å². The fourth-order valence-electron chi connectivity index (χ4n) is 0.532. The van der Waals surface area contributed by atoms with Crippen LogP contribution in [-0.4, -0.2) is 43.4 Å². The summed E-state index contributed by atoms with van der Waals surface area (Å²) in [5.74, 6) is -1.83. The number of hydrogen-bond donors (Lipinski definition) is 2. The molecule has 0 aliphatic carbocycles. The van der Waals surface area contributed by atoms with Crippen LogP contribution in [-0.2, 0) is 19.1 Å². The minimum absolute atomic E-state index is 0.868. The number of rotatable bonds is 3. The van der Waals surface area contributed by atoms with Gasteiger partial charge in [-0.2, -0.15) is 0 Å². The molecule has 0 aromatic rings. The molecule has 0 aliphatic heterocycles. The van der Waals surface area contributed by atoms with Crippen molar-refractivity contribution >= 4 is 11.9 Å². The van der Waals surface area contributed by atoms with Crippen LogP contribution in [0.1, 0.15) is 0 Å². The van der Waals surface area contributed by atoms with Crippen molar-refractivity contribution in [3.63, 3.8) is 0 Å². The van der Waals surface area contributed by atoms with Crippen LogP contribution in [0.3, 0.4) is 0 Å². The van der Waals surface area contributed by atoms with Gasteiger partial charge in [0.15, 0.2) is 6.10 Å². The third-order valence-corrected chi connectivity index (χ3v) is 1.26. The predicted molar refractivity (Wildman–Crippen MR) is 38.0 cm³/mol. The monoisotopic (exact) mass is 177 g/mol. The Labute approximate surface area is 69.2 Å². The molecule has 0 aliphatic rings. The summed E-state index contributed by atoms with van der Waals surface area (Å²) < 4.78 is 8.35. The number of carbonyl (C=O) groups excluding carboxylic acids is 2. The number of aliphatic hydroxyl groups is 1. The number of esters is 2. The van der Waals surface area contributed by atoms with Crippen molar-refractivity contribution < 1.29 is 24.2 Å². The highest BCUT2D eigenvalue weighted by Crippen LogP contribution is 1.95. The fraction of sp³-hybridized carbons (Fsp3) is 0.667. The quantitative estimate of drug-likeness (QED) is 0.485. The molecule has 0 rings (SSSR count). The molecule has 0 aromatic carbocycles. The first-order valence-corrected chi connectivity index (χ1v) is 3.14. The van der Waals surface area contributed by atoms with E-state index in [1.807, 2.05) is 0 Å². The van der Waals surface area contributed by atoms with Gasteiger partial charge in [0.05, 0.1) is 14.2 Å². The zero-order valence-corrected chi connectivity index (χ0v) is 6.81. The largest absolute Gasteiger partial charge is 0.468 e. The molecule has 0 saturated heterocycles. The van der Waals surface area contributed by atoms with Crippen LogP contribution in [0.5, 0.6) is 0 Å². The highest BCUT2D eigenvalue weighted by molar-refractivity contribution is 5.85. The van der Waals surface area contributed by atoms with Crippen LogP contribution in [0.15, 0.2) is 0 Å². The lowest BCUT2D eigenvalue weighted by molar-refractivity contribution is -0.158. The van der Waals surface area contributed by atoms with Crippen molar-refractivity contribution in [1.29, 1.82) is 0 Å². The highest BCUT2D eigenvalue weighted by atomic mass is 16.5. The summed E-state index contributed by atoms with van der Waals surface area (Å²) in [7, 11) is 2.18. The second-order valence-electron chi connectivity index (χ2n) is 2.02. The van der Waals surface area contributed by atoms with Crippen molar-refractivity contribution in [3.05, 3.63) is 0 Å². The van der Waals surface area contributed by atoms with E-state index in [1.54, 1.807) is 0 Å². The topological polar surface area (TPSA) is 98.9 Å². The summed E-state index contributed by atoms with van der Waals surface area (Å²) in [5, 5.41) is 8.99. The van der Waals surface area contributed by atoms with E-state index in [4.69, 9.17) is 10.8 Å². The van der Waals surface area contributed by atoms with Gasteiger partial charge in [-0.15, -0.1) is 0 Å². The summed E-state index contributed by atoms with van der Waals surface area (Å²) in [4.78, 5) is 21.3. The van der Waals surface area contributed by atoms with E-state index in [0.29, 0.717) is 0 Å². The molecule has 0 saturated carbocycles. The molecule has 0 spiro atoms. The number of hydrogen-bond acceptors (Lipinski definition) is 6. The SMILES string of the molecule is COC(=O)[C@H](N)[C@@H](O)C(=O)OC. The number of carbonyl (C=O) groups is 2. The first kappa shape index (κ1) is 10.9. The van der Waals surface area contributed by atoms with Crippen molar-refractivity contribution in [3.8, 4) is 0 Å². The van der Waals surface area contributed by atoms with Gasteiger partial charge in [0, 0.05) is 0 Å². The van der Waals surface area contributed by atoms with Crippen LogP contribution in [0.4, 0.5) is 0 Å². The Kier molecular flexibility index (Phi) is 4.24. The average molecular weight is 177 g/mol. The molecule has 0 unspecified atom stereocenters. The maximum Gasteiger partial charge on any atom is 0.336 e. The summed E-state index contributed by atoms with van der Waals surface area (Å²) in [5.41, 5.74) is 5.12. The van der Waals surface area contributed by atoms with Gasteiger partial charge in [-0.1, -0.05) is 0 Å². The van der Waals surface area contributed by atoms with E-state index in [1.165, 1.54) is 0 Å². The van der Waals surface area contributed by atoms with Gasteiger partial charge < -0.3 is 20.3 Å². The van der Waals surface area contributed by atoms with Gasteiger partial charge in [-0.25, -0.2) is 4.79 Å². The molecule has 6 heteroatoms. The Balaban J connectivity index is 4.18.